The molecule has 1 atom stereocenters. The molecular weight excluding hydrogens is 314 g/mol. The lowest BCUT2D eigenvalue weighted by atomic mass is 10.1. The molecule has 114 valence electrons. The van der Waals surface area contributed by atoms with Crippen molar-refractivity contribution in [2.45, 2.75) is 25.9 Å². The molecule has 0 saturated carbocycles. The predicted octanol–water partition coefficient (Wildman–Crippen LogP) is 4.21. The van der Waals surface area contributed by atoms with Gasteiger partial charge in [-0.1, -0.05) is 11.6 Å². The lowest BCUT2D eigenvalue weighted by Crippen LogP contribution is -2.20. The second-order valence-electron chi connectivity index (χ2n) is 5.15. The number of nitrogens with two attached hydrogens (primary N) is 1. The van der Waals surface area contributed by atoms with Crippen molar-refractivity contribution in [3.63, 3.8) is 0 Å². The van der Waals surface area contributed by atoms with Crippen molar-refractivity contribution in [1.29, 1.82) is 0 Å². The first-order chi connectivity index (χ1) is 9.86. The molecule has 2 N–H and O–H groups in total. The van der Waals surface area contributed by atoms with Gasteiger partial charge in [0.2, 0.25) is 0 Å². The summed E-state index contributed by atoms with van der Waals surface area (Å²) in [4.78, 5) is 2.49. The maximum absolute atomic E-state index is 14.2. The molecule has 2 aromatic rings. The SMILES string of the molecule is CC(N)Cc1cc(F)c(N(C)Cc2ccc(Cl)s2)c(F)c1. The average Bonchev–Trinajstić information content (AvgIpc) is 2.72. The van der Waals surface area contributed by atoms with E-state index in [-0.39, 0.29) is 11.7 Å². The zero-order valence-electron chi connectivity index (χ0n) is 11.9. The van der Waals surface area contributed by atoms with E-state index in [2.05, 4.69) is 0 Å². The fraction of sp³-hybridized carbons (Fsp3) is 0.333. The Bertz CT molecular complexity index is 605. The van der Waals surface area contributed by atoms with Gasteiger partial charge in [-0.2, -0.15) is 0 Å². The van der Waals surface area contributed by atoms with Crippen LogP contribution in [0.25, 0.3) is 0 Å². The second-order valence-corrected chi connectivity index (χ2v) is 6.95. The van der Waals surface area contributed by atoms with Gasteiger partial charge in [-0.3, -0.25) is 0 Å². The zero-order valence-corrected chi connectivity index (χ0v) is 13.4. The molecule has 1 heterocycles. The first-order valence-corrected chi connectivity index (χ1v) is 7.75. The summed E-state index contributed by atoms with van der Waals surface area (Å²) < 4.78 is 29.0. The summed E-state index contributed by atoms with van der Waals surface area (Å²) in [6.07, 6.45) is 0.443. The van der Waals surface area contributed by atoms with Gasteiger partial charge in [0.1, 0.15) is 17.3 Å². The molecule has 0 bridgehead atoms. The lowest BCUT2D eigenvalue weighted by molar-refractivity contribution is 0.571. The van der Waals surface area contributed by atoms with Crippen molar-refractivity contribution in [2.75, 3.05) is 11.9 Å². The molecule has 2 rings (SSSR count). The first-order valence-electron chi connectivity index (χ1n) is 6.55. The molecule has 21 heavy (non-hydrogen) atoms. The highest BCUT2D eigenvalue weighted by molar-refractivity contribution is 7.16. The number of nitrogens with zero attached hydrogens (tertiary/aromatic N) is 1. The number of rotatable bonds is 5. The van der Waals surface area contributed by atoms with E-state index in [0.29, 0.717) is 22.9 Å². The minimum absolute atomic E-state index is 0.0343. The highest BCUT2D eigenvalue weighted by Gasteiger charge is 2.16. The minimum Gasteiger partial charge on any atom is -0.365 e. The maximum atomic E-state index is 14.2. The van der Waals surface area contributed by atoms with Gasteiger partial charge in [-0.15, -0.1) is 11.3 Å². The third-order valence-electron chi connectivity index (χ3n) is 3.04. The molecule has 6 heteroatoms. The summed E-state index contributed by atoms with van der Waals surface area (Å²) in [6, 6.07) is 6.18. The minimum atomic E-state index is -0.573. The monoisotopic (exact) mass is 330 g/mol. The van der Waals surface area contributed by atoms with Gasteiger partial charge in [0.25, 0.3) is 0 Å². The Labute approximate surface area is 132 Å². The summed E-state index contributed by atoms with van der Waals surface area (Å²) >= 11 is 7.26. The van der Waals surface area contributed by atoms with Crippen LogP contribution in [0.1, 0.15) is 17.4 Å². The Morgan fingerprint density at radius 2 is 1.90 bits per heavy atom. The van der Waals surface area contributed by atoms with Gasteiger partial charge in [0.05, 0.1) is 10.9 Å². The molecule has 0 aliphatic heterocycles. The van der Waals surface area contributed by atoms with E-state index in [9.17, 15) is 8.78 Å². The maximum Gasteiger partial charge on any atom is 0.149 e. The highest BCUT2D eigenvalue weighted by Crippen LogP contribution is 2.28. The molecule has 1 aromatic carbocycles. The number of hydrogen-bond acceptors (Lipinski definition) is 3. The van der Waals surface area contributed by atoms with Gasteiger partial charge in [0.15, 0.2) is 0 Å². The number of halogens is 3. The Morgan fingerprint density at radius 3 is 2.38 bits per heavy atom. The Kier molecular flexibility index (Phi) is 5.19. The van der Waals surface area contributed by atoms with Crippen LogP contribution < -0.4 is 10.6 Å². The van der Waals surface area contributed by atoms with Gasteiger partial charge < -0.3 is 10.6 Å². The van der Waals surface area contributed by atoms with E-state index >= 15 is 0 Å². The Morgan fingerprint density at radius 1 is 1.29 bits per heavy atom. The Hall–Kier alpha value is -1.17. The zero-order chi connectivity index (χ0) is 15.6. The molecule has 2 nitrogen and oxygen atoms in total. The first kappa shape index (κ1) is 16.2. The third kappa shape index (κ3) is 4.15. The quantitative estimate of drug-likeness (QED) is 0.890. The van der Waals surface area contributed by atoms with E-state index in [1.807, 2.05) is 6.07 Å². The molecule has 0 fully saturated rings. The van der Waals surface area contributed by atoms with Crippen molar-refractivity contribution < 1.29 is 8.78 Å². The largest absolute Gasteiger partial charge is 0.365 e. The van der Waals surface area contributed by atoms with Crippen LogP contribution in [0, 0.1) is 11.6 Å². The summed E-state index contributed by atoms with van der Waals surface area (Å²) in [7, 11) is 1.65. The summed E-state index contributed by atoms with van der Waals surface area (Å²) in [5, 5.41) is 0. The number of benzene rings is 1. The van der Waals surface area contributed by atoms with Crippen LogP contribution in [0.3, 0.4) is 0 Å². The highest BCUT2D eigenvalue weighted by atomic mass is 35.5. The molecular formula is C15H17ClF2N2S. The molecule has 0 saturated heterocycles. The van der Waals surface area contributed by atoms with Crippen LogP contribution in [0.5, 0.6) is 0 Å². The van der Waals surface area contributed by atoms with E-state index in [4.69, 9.17) is 17.3 Å². The number of hydrogen-bond donors (Lipinski definition) is 1. The third-order valence-corrected chi connectivity index (χ3v) is 4.25. The summed E-state index contributed by atoms with van der Waals surface area (Å²) in [5.41, 5.74) is 6.19. The van der Waals surface area contributed by atoms with E-state index in [1.165, 1.54) is 23.5 Å². The fourth-order valence-electron chi connectivity index (χ4n) is 2.22. The molecule has 0 spiro atoms. The van der Waals surface area contributed by atoms with Crippen molar-refractivity contribution in [2.24, 2.45) is 5.73 Å². The Balaban J connectivity index is 2.22. The average molecular weight is 331 g/mol. The molecule has 1 unspecified atom stereocenters. The van der Waals surface area contributed by atoms with Crippen LogP contribution in [-0.2, 0) is 13.0 Å². The molecule has 0 aliphatic carbocycles. The van der Waals surface area contributed by atoms with Crippen molar-refractivity contribution in [1.82, 2.24) is 0 Å². The second kappa shape index (κ2) is 6.73. The van der Waals surface area contributed by atoms with E-state index in [0.717, 1.165) is 4.88 Å². The van der Waals surface area contributed by atoms with Gasteiger partial charge in [-0.05, 0) is 43.2 Å². The summed E-state index contributed by atoms with van der Waals surface area (Å²) in [6.45, 7) is 2.20. The summed E-state index contributed by atoms with van der Waals surface area (Å²) in [5.74, 6) is -1.15. The van der Waals surface area contributed by atoms with Crippen molar-refractivity contribution in [3.05, 3.63) is 50.7 Å². The standard InChI is InChI=1S/C15H17ClF2N2S/c1-9(19)5-10-6-12(17)15(13(18)7-10)20(2)8-11-3-4-14(16)21-11/h3-4,6-7,9H,5,8,19H2,1-2H3. The fourth-order valence-corrected chi connectivity index (χ4v) is 3.36. The number of anilines is 1. The van der Waals surface area contributed by atoms with Crippen molar-refractivity contribution >= 4 is 28.6 Å². The van der Waals surface area contributed by atoms with Crippen LogP contribution >= 0.6 is 22.9 Å². The van der Waals surface area contributed by atoms with Crippen LogP contribution in [0.15, 0.2) is 24.3 Å². The van der Waals surface area contributed by atoms with Gasteiger partial charge in [-0.25, -0.2) is 8.78 Å². The normalized spacial score (nSPS) is 12.5. The molecule has 1 aromatic heterocycles. The van der Waals surface area contributed by atoms with Gasteiger partial charge in [0, 0.05) is 18.0 Å². The molecule has 0 amide bonds. The smallest absolute Gasteiger partial charge is 0.149 e. The van der Waals surface area contributed by atoms with Crippen molar-refractivity contribution in [3.8, 4) is 0 Å². The van der Waals surface area contributed by atoms with E-state index < -0.39 is 11.6 Å². The number of thiophene rings is 1. The molecule has 0 aliphatic rings. The molecule has 0 radical (unpaired) electrons. The van der Waals surface area contributed by atoms with Crippen LogP contribution in [-0.4, -0.2) is 13.1 Å². The lowest BCUT2D eigenvalue weighted by Gasteiger charge is -2.20. The van der Waals surface area contributed by atoms with E-state index in [1.54, 1.807) is 24.9 Å². The van der Waals surface area contributed by atoms with Gasteiger partial charge >= 0.3 is 0 Å². The van der Waals surface area contributed by atoms with Crippen LogP contribution in [0.2, 0.25) is 4.34 Å². The predicted molar refractivity (Wildman–Crippen MR) is 85.1 cm³/mol. The topological polar surface area (TPSA) is 29.3 Å². The van der Waals surface area contributed by atoms with Crippen LogP contribution in [0.4, 0.5) is 14.5 Å².